The molecule has 0 aliphatic rings. The normalized spacial score (nSPS) is 11.8. The van der Waals surface area contributed by atoms with Gasteiger partial charge in [-0.05, 0) is 111 Å². The Morgan fingerprint density at radius 1 is 0.214 bits per heavy atom. The van der Waals surface area contributed by atoms with E-state index in [0.29, 0.717) is 0 Å². The van der Waals surface area contributed by atoms with Crippen molar-refractivity contribution in [3.05, 3.63) is 158 Å². The number of benzene rings is 9. The summed E-state index contributed by atoms with van der Waals surface area (Å²) in [4.78, 5) is 0. The summed E-state index contributed by atoms with van der Waals surface area (Å²) in [7, 11) is 0. The largest absolute Gasteiger partial charge is 0.0616 e. The van der Waals surface area contributed by atoms with Crippen LogP contribution in [-0.4, -0.2) is 0 Å². The second-order valence-electron chi connectivity index (χ2n) is 11.3. The maximum Gasteiger partial charge on any atom is -0.00928 e. The predicted octanol–water partition coefficient (Wildman–Crippen LogP) is 11.9. The average Bonchev–Trinajstić information content (AvgIpc) is 3.06. The lowest BCUT2D eigenvalue weighted by atomic mass is 9.88. The monoisotopic (exact) mass is 530 g/mol. The van der Waals surface area contributed by atoms with Crippen LogP contribution in [-0.2, 0) is 0 Å². The van der Waals surface area contributed by atoms with E-state index in [1.807, 2.05) is 0 Å². The molecule has 0 nitrogen and oxygen atoms in total. The molecule has 9 rings (SSSR count). The summed E-state index contributed by atoms with van der Waals surface area (Å²) in [5.41, 5.74) is 5.06. The summed E-state index contributed by atoms with van der Waals surface area (Å²) in [6.45, 7) is 0. The minimum Gasteiger partial charge on any atom is -0.0616 e. The molecule has 0 saturated carbocycles. The van der Waals surface area contributed by atoms with Gasteiger partial charge in [0.25, 0.3) is 0 Å². The van der Waals surface area contributed by atoms with Crippen molar-refractivity contribution in [1.29, 1.82) is 0 Å². The van der Waals surface area contributed by atoms with Gasteiger partial charge < -0.3 is 0 Å². The van der Waals surface area contributed by atoms with Gasteiger partial charge in [-0.1, -0.05) is 133 Å². The molecule has 0 fully saturated rings. The topological polar surface area (TPSA) is 0 Å². The third-order valence-corrected chi connectivity index (χ3v) is 9.00. The summed E-state index contributed by atoms with van der Waals surface area (Å²) in [5, 5.41) is 15.4. The molecule has 0 bridgehead atoms. The number of fused-ring (bicyclic) bond motifs is 8. The van der Waals surface area contributed by atoms with Crippen molar-refractivity contribution in [2.24, 2.45) is 0 Å². The molecule has 0 radical (unpaired) electrons. The fourth-order valence-electron chi connectivity index (χ4n) is 6.98. The SMILES string of the molecule is c1ccc2cc3c(ccc4cc(-c5ccc(-c6cc7ccccc7c7ccccc67)c6ccccc56)ccc43)cc2c1. The van der Waals surface area contributed by atoms with Crippen LogP contribution in [0, 0.1) is 0 Å². The molecule has 42 heavy (non-hydrogen) atoms. The van der Waals surface area contributed by atoms with Gasteiger partial charge in [0, 0.05) is 0 Å². The first kappa shape index (κ1) is 23.3. The average molecular weight is 531 g/mol. The van der Waals surface area contributed by atoms with Gasteiger partial charge in [-0.2, -0.15) is 0 Å². The molecule has 0 spiro atoms. The molecule has 0 aliphatic heterocycles. The summed E-state index contributed by atoms with van der Waals surface area (Å²) >= 11 is 0. The minimum absolute atomic E-state index is 1.24. The molecule has 0 unspecified atom stereocenters. The first-order valence-corrected chi connectivity index (χ1v) is 14.6. The smallest absolute Gasteiger partial charge is 0.00928 e. The molecule has 0 atom stereocenters. The minimum atomic E-state index is 1.24. The van der Waals surface area contributed by atoms with Gasteiger partial charge in [0.1, 0.15) is 0 Å². The van der Waals surface area contributed by atoms with Gasteiger partial charge in [0.2, 0.25) is 0 Å². The van der Waals surface area contributed by atoms with E-state index in [9.17, 15) is 0 Å². The van der Waals surface area contributed by atoms with E-state index in [4.69, 9.17) is 0 Å². The van der Waals surface area contributed by atoms with Gasteiger partial charge in [-0.25, -0.2) is 0 Å². The maximum atomic E-state index is 2.37. The van der Waals surface area contributed by atoms with Gasteiger partial charge in [-0.15, -0.1) is 0 Å². The van der Waals surface area contributed by atoms with Gasteiger partial charge in [-0.3, -0.25) is 0 Å². The fourth-order valence-corrected chi connectivity index (χ4v) is 6.98. The van der Waals surface area contributed by atoms with Crippen LogP contribution in [0.3, 0.4) is 0 Å². The zero-order chi connectivity index (χ0) is 27.6. The zero-order valence-corrected chi connectivity index (χ0v) is 23.0. The summed E-state index contributed by atoms with van der Waals surface area (Å²) in [6.07, 6.45) is 0. The molecule has 0 aliphatic carbocycles. The zero-order valence-electron chi connectivity index (χ0n) is 23.0. The lowest BCUT2D eigenvalue weighted by molar-refractivity contribution is 1.67. The second-order valence-corrected chi connectivity index (χ2v) is 11.3. The number of hydrogen-bond donors (Lipinski definition) is 0. The molecule has 0 N–H and O–H groups in total. The highest BCUT2D eigenvalue weighted by Gasteiger charge is 2.14. The molecule has 9 aromatic rings. The maximum absolute atomic E-state index is 2.37. The van der Waals surface area contributed by atoms with Gasteiger partial charge >= 0.3 is 0 Å². The second kappa shape index (κ2) is 9.03. The Kier molecular flexibility index (Phi) is 5.00. The van der Waals surface area contributed by atoms with Crippen LogP contribution < -0.4 is 0 Å². The Morgan fingerprint density at radius 2 is 0.714 bits per heavy atom. The van der Waals surface area contributed by atoms with Crippen molar-refractivity contribution in [2.75, 3.05) is 0 Å². The van der Waals surface area contributed by atoms with Crippen molar-refractivity contribution in [2.45, 2.75) is 0 Å². The first-order valence-electron chi connectivity index (χ1n) is 14.6. The van der Waals surface area contributed by atoms with Crippen LogP contribution in [0.1, 0.15) is 0 Å². The van der Waals surface area contributed by atoms with Crippen LogP contribution in [0.25, 0.3) is 86.9 Å². The van der Waals surface area contributed by atoms with E-state index in [2.05, 4.69) is 158 Å². The van der Waals surface area contributed by atoms with E-state index in [-0.39, 0.29) is 0 Å². The molecular weight excluding hydrogens is 504 g/mol. The quantitative estimate of drug-likeness (QED) is 0.154. The van der Waals surface area contributed by atoms with Crippen LogP contribution in [0.4, 0.5) is 0 Å². The van der Waals surface area contributed by atoms with Gasteiger partial charge in [0.05, 0.1) is 0 Å². The standard InChI is InChI=1S/C42H26/c1-2-10-28-25-41-32(23-27(28)9-1)18-17-30-24-31(19-20-35(30)41)34-21-22-40(38-15-7-5-14-37(34)38)42-26-29-11-3-4-12-33(29)36-13-6-8-16-39(36)42/h1-26H. The summed E-state index contributed by atoms with van der Waals surface area (Å²) in [6, 6.07) is 58.2. The van der Waals surface area contributed by atoms with E-state index < -0.39 is 0 Å². The predicted molar refractivity (Wildman–Crippen MR) is 182 cm³/mol. The van der Waals surface area contributed by atoms with Crippen molar-refractivity contribution in [1.82, 2.24) is 0 Å². The molecule has 194 valence electrons. The molecule has 0 saturated heterocycles. The Bertz CT molecular complexity index is 2510. The van der Waals surface area contributed by atoms with E-state index in [1.165, 1.54) is 86.9 Å². The molecule has 0 heterocycles. The third-order valence-electron chi connectivity index (χ3n) is 9.00. The van der Waals surface area contributed by atoms with Crippen LogP contribution in [0.15, 0.2) is 158 Å². The highest BCUT2D eigenvalue weighted by molar-refractivity contribution is 6.18. The summed E-state index contributed by atoms with van der Waals surface area (Å²) in [5.74, 6) is 0. The van der Waals surface area contributed by atoms with E-state index in [0.717, 1.165) is 0 Å². The van der Waals surface area contributed by atoms with Crippen LogP contribution in [0.5, 0.6) is 0 Å². The first-order chi connectivity index (χ1) is 20.8. The fraction of sp³-hybridized carbons (Fsp3) is 0. The molecule has 0 amide bonds. The van der Waals surface area contributed by atoms with Crippen molar-refractivity contribution in [3.63, 3.8) is 0 Å². The molecule has 9 aromatic carbocycles. The Hall–Kier alpha value is -5.46. The summed E-state index contributed by atoms with van der Waals surface area (Å²) < 4.78 is 0. The van der Waals surface area contributed by atoms with Crippen molar-refractivity contribution < 1.29 is 0 Å². The third kappa shape index (κ3) is 3.49. The molecule has 0 aromatic heterocycles. The van der Waals surface area contributed by atoms with Crippen LogP contribution >= 0.6 is 0 Å². The lowest BCUT2D eigenvalue weighted by Crippen LogP contribution is -1.89. The van der Waals surface area contributed by atoms with E-state index in [1.54, 1.807) is 0 Å². The highest BCUT2D eigenvalue weighted by atomic mass is 14.2. The number of rotatable bonds is 2. The van der Waals surface area contributed by atoms with Crippen molar-refractivity contribution >= 4 is 64.6 Å². The lowest BCUT2D eigenvalue weighted by Gasteiger charge is -2.16. The van der Waals surface area contributed by atoms with Gasteiger partial charge in [0.15, 0.2) is 0 Å². The molecular formula is C42H26. The van der Waals surface area contributed by atoms with Crippen molar-refractivity contribution in [3.8, 4) is 22.3 Å². The molecule has 0 heteroatoms. The Labute approximate surface area is 244 Å². The number of hydrogen-bond acceptors (Lipinski definition) is 0. The van der Waals surface area contributed by atoms with Crippen LogP contribution in [0.2, 0.25) is 0 Å². The Balaban J connectivity index is 1.26. The Morgan fingerprint density at radius 3 is 1.48 bits per heavy atom. The highest BCUT2D eigenvalue weighted by Crippen LogP contribution is 2.41. The van der Waals surface area contributed by atoms with E-state index >= 15 is 0 Å².